The minimum Gasteiger partial charge on any atom is -0.389 e. The van der Waals surface area contributed by atoms with Gasteiger partial charge in [0.25, 0.3) is 0 Å². The van der Waals surface area contributed by atoms with Crippen LogP contribution in [0.4, 0.5) is 10.1 Å². The molecule has 0 aliphatic rings. The van der Waals surface area contributed by atoms with Gasteiger partial charge in [0.15, 0.2) is 5.82 Å². The lowest BCUT2D eigenvalue weighted by Crippen LogP contribution is -2.23. The normalized spacial score (nSPS) is 10.6. The molecule has 2 N–H and O–H groups in total. The number of thiophene rings is 1. The van der Waals surface area contributed by atoms with Crippen LogP contribution in [0.25, 0.3) is 0 Å². The highest BCUT2D eigenvalue weighted by molar-refractivity contribution is 9.10. The zero-order valence-corrected chi connectivity index (χ0v) is 14.1. The number of benzene rings is 1. The molecule has 0 amide bonds. The van der Waals surface area contributed by atoms with Gasteiger partial charge in [-0.05, 0) is 46.4 Å². The third-order valence-electron chi connectivity index (χ3n) is 2.98. The summed E-state index contributed by atoms with van der Waals surface area (Å²) in [5.74, 6) is -0.325. The van der Waals surface area contributed by atoms with E-state index in [9.17, 15) is 4.39 Å². The molecule has 0 spiro atoms. The van der Waals surface area contributed by atoms with Crippen LogP contribution in [0.15, 0.2) is 34.1 Å². The lowest BCUT2D eigenvalue weighted by atomic mass is 10.1. The summed E-state index contributed by atoms with van der Waals surface area (Å²) in [6.45, 7) is 3.40. The van der Waals surface area contributed by atoms with Crippen molar-refractivity contribution in [1.82, 2.24) is 0 Å². The van der Waals surface area contributed by atoms with Crippen molar-refractivity contribution in [3.8, 4) is 0 Å². The molecule has 6 heteroatoms. The van der Waals surface area contributed by atoms with Crippen LogP contribution in [0.3, 0.4) is 0 Å². The standard InChI is InChI=1S/C14H14BrFN2S2/c1-2-18(8-9-4-3-7-20-9)11-6-5-10(14(17)19)12(15)13(11)16/h3-7H,2,8H2,1H3,(H2,17,19). The molecule has 0 aliphatic heterocycles. The molecule has 0 unspecified atom stereocenters. The van der Waals surface area contributed by atoms with Gasteiger partial charge in [0.05, 0.1) is 16.7 Å². The first-order valence-corrected chi connectivity index (χ1v) is 8.17. The van der Waals surface area contributed by atoms with Crippen molar-refractivity contribution >= 4 is 50.2 Å². The maximum absolute atomic E-state index is 14.5. The predicted octanol–water partition coefficient (Wildman–Crippen LogP) is 4.31. The van der Waals surface area contributed by atoms with Crippen molar-refractivity contribution in [3.63, 3.8) is 0 Å². The number of hydrogen-bond donors (Lipinski definition) is 1. The fraction of sp³-hybridized carbons (Fsp3) is 0.214. The maximum atomic E-state index is 14.5. The van der Waals surface area contributed by atoms with Crippen LogP contribution in [0.1, 0.15) is 17.4 Å². The van der Waals surface area contributed by atoms with Gasteiger partial charge in [0.2, 0.25) is 0 Å². The molecule has 0 fully saturated rings. The molecule has 0 bridgehead atoms. The second-order valence-electron chi connectivity index (χ2n) is 4.22. The molecule has 1 heterocycles. The van der Waals surface area contributed by atoms with E-state index >= 15 is 0 Å². The molecular formula is C14H14BrFN2S2. The lowest BCUT2D eigenvalue weighted by molar-refractivity contribution is 0.611. The SMILES string of the molecule is CCN(Cc1cccs1)c1ccc(C(N)=S)c(Br)c1F. The molecule has 2 aromatic rings. The molecule has 2 nitrogen and oxygen atoms in total. The Balaban J connectivity index is 2.35. The molecule has 20 heavy (non-hydrogen) atoms. The number of nitrogens with zero attached hydrogens (tertiary/aromatic N) is 1. The van der Waals surface area contributed by atoms with Crippen LogP contribution in [-0.4, -0.2) is 11.5 Å². The number of thiocarbonyl (C=S) groups is 1. The zero-order chi connectivity index (χ0) is 14.7. The van der Waals surface area contributed by atoms with Gasteiger partial charge >= 0.3 is 0 Å². The maximum Gasteiger partial charge on any atom is 0.161 e. The van der Waals surface area contributed by atoms with Gasteiger partial charge in [0, 0.05) is 17.0 Å². The highest BCUT2D eigenvalue weighted by Crippen LogP contribution is 2.30. The first kappa shape index (κ1) is 15.4. The van der Waals surface area contributed by atoms with E-state index in [-0.39, 0.29) is 10.8 Å². The molecule has 0 aliphatic carbocycles. The lowest BCUT2D eigenvalue weighted by Gasteiger charge is -2.24. The third kappa shape index (κ3) is 3.19. The van der Waals surface area contributed by atoms with Crippen LogP contribution in [0.5, 0.6) is 0 Å². The average Bonchev–Trinajstić information content (AvgIpc) is 2.92. The van der Waals surface area contributed by atoms with Crippen LogP contribution in [0.2, 0.25) is 0 Å². The third-order valence-corrected chi connectivity index (χ3v) is 4.83. The second-order valence-corrected chi connectivity index (χ2v) is 6.48. The summed E-state index contributed by atoms with van der Waals surface area (Å²) < 4.78 is 14.8. The highest BCUT2D eigenvalue weighted by atomic mass is 79.9. The van der Waals surface area contributed by atoms with Crippen molar-refractivity contribution in [1.29, 1.82) is 0 Å². The summed E-state index contributed by atoms with van der Waals surface area (Å²) in [6, 6.07) is 7.52. The minimum absolute atomic E-state index is 0.184. The van der Waals surface area contributed by atoms with E-state index < -0.39 is 0 Å². The highest BCUT2D eigenvalue weighted by Gasteiger charge is 2.17. The van der Waals surface area contributed by atoms with Gasteiger partial charge in [-0.3, -0.25) is 0 Å². The summed E-state index contributed by atoms with van der Waals surface area (Å²) in [5.41, 5.74) is 6.65. The Kier molecular flexibility index (Phi) is 5.12. The summed E-state index contributed by atoms with van der Waals surface area (Å²) >= 11 is 9.81. The molecule has 0 radical (unpaired) electrons. The summed E-state index contributed by atoms with van der Waals surface area (Å²) in [6.07, 6.45) is 0. The minimum atomic E-state index is -0.325. The first-order chi connectivity index (χ1) is 9.54. The van der Waals surface area contributed by atoms with Crippen molar-refractivity contribution in [3.05, 3.63) is 50.4 Å². The van der Waals surface area contributed by atoms with Gasteiger partial charge < -0.3 is 10.6 Å². The average molecular weight is 373 g/mol. The Bertz CT molecular complexity index is 614. The van der Waals surface area contributed by atoms with Gasteiger partial charge in [-0.2, -0.15) is 0 Å². The molecule has 1 aromatic heterocycles. The van der Waals surface area contributed by atoms with Crippen molar-refractivity contribution in [2.75, 3.05) is 11.4 Å². The first-order valence-electron chi connectivity index (χ1n) is 6.09. The predicted molar refractivity (Wildman–Crippen MR) is 91.0 cm³/mol. The number of hydrogen-bond acceptors (Lipinski definition) is 3. The van der Waals surface area contributed by atoms with Crippen LogP contribution in [0, 0.1) is 5.82 Å². The van der Waals surface area contributed by atoms with Gasteiger partial charge in [-0.25, -0.2) is 4.39 Å². The van der Waals surface area contributed by atoms with E-state index in [0.717, 1.165) is 0 Å². The Hall–Kier alpha value is -0.980. The number of anilines is 1. The monoisotopic (exact) mass is 372 g/mol. The van der Waals surface area contributed by atoms with Crippen molar-refractivity contribution in [2.45, 2.75) is 13.5 Å². The second kappa shape index (κ2) is 6.65. The van der Waals surface area contributed by atoms with Crippen LogP contribution in [-0.2, 0) is 6.54 Å². The molecule has 2 rings (SSSR count). The molecule has 106 valence electrons. The van der Waals surface area contributed by atoms with Crippen LogP contribution >= 0.6 is 39.5 Å². The molecule has 0 atom stereocenters. The molecule has 0 saturated carbocycles. The zero-order valence-electron chi connectivity index (χ0n) is 10.9. The number of rotatable bonds is 5. The van der Waals surface area contributed by atoms with E-state index in [0.29, 0.717) is 28.8 Å². The number of nitrogens with two attached hydrogens (primary N) is 1. The summed E-state index contributed by atoms with van der Waals surface area (Å²) in [7, 11) is 0. The van der Waals surface area contributed by atoms with E-state index in [1.54, 1.807) is 23.5 Å². The Labute approximate surface area is 135 Å². The van der Waals surface area contributed by atoms with E-state index in [2.05, 4.69) is 15.9 Å². The topological polar surface area (TPSA) is 29.3 Å². The quantitative estimate of drug-likeness (QED) is 0.792. The van der Waals surface area contributed by atoms with E-state index in [1.165, 1.54) is 4.88 Å². The van der Waals surface area contributed by atoms with Crippen LogP contribution < -0.4 is 10.6 Å². The van der Waals surface area contributed by atoms with Gasteiger partial charge in [-0.15, -0.1) is 11.3 Å². The number of halogens is 2. The fourth-order valence-electron chi connectivity index (χ4n) is 1.93. The molecular weight excluding hydrogens is 359 g/mol. The Morgan fingerprint density at radius 3 is 2.75 bits per heavy atom. The molecule has 1 aromatic carbocycles. The fourth-order valence-corrected chi connectivity index (χ4v) is 3.50. The largest absolute Gasteiger partial charge is 0.389 e. The smallest absolute Gasteiger partial charge is 0.161 e. The van der Waals surface area contributed by atoms with E-state index in [4.69, 9.17) is 18.0 Å². The Morgan fingerprint density at radius 1 is 1.45 bits per heavy atom. The van der Waals surface area contributed by atoms with Crippen molar-refractivity contribution < 1.29 is 4.39 Å². The summed E-state index contributed by atoms with van der Waals surface area (Å²) in [4.78, 5) is 3.36. The van der Waals surface area contributed by atoms with Gasteiger partial charge in [0.1, 0.15) is 4.99 Å². The Morgan fingerprint density at radius 2 is 2.20 bits per heavy atom. The molecule has 0 saturated heterocycles. The van der Waals surface area contributed by atoms with E-state index in [1.807, 2.05) is 29.3 Å². The van der Waals surface area contributed by atoms with Gasteiger partial charge in [-0.1, -0.05) is 18.3 Å². The van der Waals surface area contributed by atoms with Crippen molar-refractivity contribution in [2.24, 2.45) is 5.73 Å². The summed E-state index contributed by atoms with van der Waals surface area (Å²) in [5, 5.41) is 2.02.